The maximum atomic E-state index is 12.1. The van der Waals surface area contributed by atoms with Crippen molar-refractivity contribution in [2.45, 2.75) is 38.4 Å². The number of carbonyl (C=O) groups is 2. The molecule has 3 aromatic carbocycles. The summed E-state index contributed by atoms with van der Waals surface area (Å²) in [6.45, 7) is 4.25. The molecule has 2 fully saturated rings. The number of carboxylic acid groups (broad SMARTS) is 2. The van der Waals surface area contributed by atoms with Crippen LogP contribution in [0, 0.1) is 0 Å². The topological polar surface area (TPSA) is 118 Å². The average Bonchev–Trinajstić information content (AvgIpc) is 3.84. The minimum atomic E-state index is -1.03. The largest absolute Gasteiger partial charge is 0.491 e. The number of aromatic carboxylic acids is 2. The minimum absolute atomic E-state index is 0.0805. The molecule has 0 radical (unpaired) electrons. The summed E-state index contributed by atoms with van der Waals surface area (Å²) in [4.78, 5) is 24.2. The number of hydrogen-bond donors (Lipinski definition) is 2. The Balaban J connectivity index is 1.55. The van der Waals surface area contributed by atoms with Gasteiger partial charge < -0.3 is 29.2 Å². The molecule has 2 saturated heterocycles. The van der Waals surface area contributed by atoms with Crippen molar-refractivity contribution in [1.82, 2.24) is 0 Å². The van der Waals surface area contributed by atoms with Crippen molar-refractivity contribution in [2.75, 3.05) is 26.4 Å². The van der Waals surface area contributed by atoms with Gasteiger partial charge in [-0.05, 0) is 71.5 Å². The van der Waals surface area contributed by atoms with Crippen molar-refractivity contribution in [3.63, 3.8) is 0 Å². The van der Waals surface area contributed by atoms with Gasteiger partial charge in [-0.3, -0.25) is 0 Å². The number of hydrogen-bond acceptors (Lipinski definition) is 6. The van der Waals surface area contributed by atoms with Crippen LogP contribution in [-0.2, 0) is 15.9 Å². The molecular formula is C30H30O8. The van der Waals surface area contributed by atoms with Gasteiger partial charge in [0, 0.05) is 5.56 Å². The fourth-order valence-corrected chi connectivity index (χ4v) is 4.37. The number of unbranched alkanes of at least 4 members (excludes halogenated alkanes) is 1. The predicted molar refractivity (Wildman–Crippen MR) is 140 cm³/mol. The number of rotatable bonds is 13. The second kappa shape index (κ2) is 11.2. The summed E-state index contributed by atoms with van der Waals surface area (Å²) in [5, 5.41) is 19.8. The molecule has 5 rings (SSSR count). The number of epoxide rings is 2. The Kier molecular flexibility index (Phi) is 7.62. The molecule has 198 valence electrons. The van der Waals surface area contributed by atoms with E-state index in [1.54, 1.807) is 36.4 Å². The zero-order valence-corrected chi connectivity index (χ0v) is 21.1. The van der Waals surface area contributed by atoms with Crippen LogP contribution in [0.3, 0.4) is 0 Å². The van der Waals surface area contributed by atoms with E-state index in [0.29, 0.717) is 55.5 Å². The van der Waals surface area contributed by atoms with Gasteiger partial charge >= 0.3 is 11.9 Å². The second-order valence-corrected chi connectivity index (χ2v) is 9.53. The Morgan fingerprint density at radius 1 is 0.789 bits per heavy atom. The zero-order chi connectivity index (χ0) is 26.6. The maximum Gasteiger partial charge on any atom is 0.336 e. The average molecular weight is 519 g/mol. The monoisotopic (exact) mass is 518 g/mol. The summed E-state index contributed by atoms with van der Waals surface area (Å²) in [6.07, 6.45) is 2.71. The molecular weight excluding hydrogens is 488 g/mol. The lowest BCUT2D eigenvalue weighted by molar-refractivity contribution is 0.0686. The molecule has 3 aromatic rings. The molecule has 0 aliphatic carbocycles. The molecule has 2 heterocycles. The van der Waals surface area contributed by atoms with Gasteiger partial charge in [-0.15, -0.1) is 0 Å². The fourth-order valence-electron chi connectivity index (χ4n) is 4.37. The van der Waals surface area contributed by atoms with Gasteiger partial charge in [-0.25, -0.2) is 9.59 Å². The quantitative estimate of drug-likeness (QED) is 0.292. The van der Waals surface area contributed by atoms with E-state index in [-0.39, 0.29) is 23.3 Å². The molecule has 2 aliphatic heterocycles. The number of ether oxygens (including phenoxy) is 4. The molecule has 0 amide bonds. The van der Waals surface area contributed by atoms with Crippen LogP contribution in [0.5, 0.6) is 11.5 Å². The Bertz CT molecular complexity index is 1340. The lowest BCUT2D eigenvalue weighted by Gasteiger charge is -2.17. The van der Waals surface area contributed by atoms with Crippen LogP contribution in [0.15, 0.2) is 54.6 Å². The van der Waals surface area contributed by atoms with Crippen LogP contribution in [0.2, 0.25) is 0 Å². The fraction of sp³-hybridized carbons (Fsp3) is 0.333. The summed E-state index contributed by atoms with van der Waals surface area (Å²) in [6, 6.07) is 15.6. The van der Waals surface area contributed by atoms with Crippen LogP contribution < -0.4 is 9.47 Å². The van der Waals surface area contributed by atoms with E-state index in [4.69, 9.17) is 18.9 Å². The molecule has 8 heteroatoms. The van der Waals surface area contributed by atoms with Crippen molar-refractivity contribution in [3.8, 4) is 33.8 Å². The lowest BCUT2D eigenvalue weighted by Crippen LogP contribution is -2.07. The van der Waals surface area contributed by atoms with E-state index in [1.807, 2.05) is 18.2 Å². The first-order valence-corrected chi connectivity index (χ1v) is 12.8. The third-order valence-corrected chi connectivity index (χ3v) is 6.63. The normalized spacial score (nSPS) is 17.6. The van der Waals surface area contributed by atoms with Crippen molar-refractivity contribution < 1.29 is 38.7 Å². The van der Waals surface area contributed by atoms with E-state index in [9.17, 15) is 19.8 Å². The van der Waals surface area contributed by atoms with Crippen molar-refractivity contribution >= 4 is 11.9 Å². The number of benzene rings is 3. The molecule has 2 unspecified atom stereocenters. The molecule has 0 spiro atoms. The third kappa shape index (κ3) is 6.15. The Hall–Kier alpha value is -3.88. The lowest BCUT2D eigenvalue weighted by atomic mass is 9.89. The van der Waals surface area contributed by atoms with Crippen LogP contribution in [0.4, 0.5) is 0 Å². The first kappa shape index (κ1) is 25.8. The van der Waals surface area contributed by atoms with Crippen LogP contribution in [-0.4, -0.2) is 60.8 Å². The van der Waals surface area contributed by atoms with Crippen LogP contribution in [0.25, 0.3) is 22.3 Å². The van der Waals surface area contributed by atoms with Gasteiger partial charge in [0.05, 0.1) is 24.3 Å². The van der Waals surface area contributed by atoms with E-state index in [0.717, 1.165) is 29.5 Å². The van der Waals surface area contributed by atoms with Gasteiger partial charge in [0.15, 0.2) is 0 Å². The van der Waals surface area contributed by atoms with Crippen molar-refractivity contribution in [3.05, 3.63) is 71.3 Å². The molecule has 2 N–H and O–H groups in total. The van der Waals surface area contributed by atoms with Gasteiger partial charge in [-0.1, -0.05) is 31.5 Å². The predicted octanol–water partition coefficient (Wildman–Crippen LogP) is 5.31. The third-order valence-electron chi connectivity index (χ3n) is 6.63. The van der Waals surface area contributed by atoms with E-state index >= 15 is 0 Å². The Morgan fingerprint density at radius 3 is 1.87 bits per heavy atom. The molecule has 8 nitrogen and oxygen atoms in total. The highest BCUT2D eigenvalue weighted by Gasteiger charge is 2.25. The summed E-state index contributed by atoms with van der Waals surface area (Å²) in [5.74, 6) is -0.921. The molecule has 38 heavy (non-hydrogen) atoms. The number of carboxylic acids is 2. The Labute approximate surface area is 220 Å². The first-order chi connectivity index (χ1) is 18.4. The van der Waals surface area contributed by atoms with Gasteiger partial charge in [0.2, 0.25) is 0 Å². The van der Waals surface area contributed by atoms with Gasteiger partial charge in [0.1, 0.15) is 36.9 Å². The SMILES string of the molecule is CCCCc1cc(-c2cc(OCC3CO3)ccc2C(=O)O)ccc1-c1cc(OCC2CO2)ccc1C(=O)O. The molecule has 0 saturated carbocycles. The van der Waals surface area contributed by atoms with E-state index in [1.165, 1.54) is 0 Å². The first-order valence-electron chi connectivity index (χ1n) is 12.8. The highest BCUT2D eigenvalue weighted by Crippen LogP contribution is 2.36. The van der Waals surface area contributed by atoms with Gasteiger partial charge in [-0.2, -0.15) is 0 Å². The second-order valence-electron chi connectivity index (χ2n) is 9.53. The summed E-state index contributed by atoms with van der Waals surface area (Å²) in [5.41, 5.74) is 3.87. The van der Waals surface area contributed by atoms with E-state index in [2.05, 4.69) is 6.92 Å². The number of aryl methyl sites for hydroxylation is 1. The Morgan fingerprint density at radius 2 is 1.34 bits per heavy atom. The summed E-state index contributed by atoms with van der Waals surface area (Å²) in [7, 11) is 0. The molecule has 0 aromatic heterocycles. The molecule has 2 aliphatic rings. The molecule has 0 bridgehead atoms. The van der Waals surface area contributed by atoms with Crippen molar-refractivity contribution in [1.29, 1.82) is 0 Å². The highest BCUT2D eigenvalue weighted by molar-refractivity contribution is 5.99. The maximum absolute atomic E-state index is 12.1. The zero-order valence-electron chi connectivity index (χ0n) is 21.1. The summed E-state index contributed by atoms with van der Waals surface area (Å²) >= 11 is 0. The van der Waals surface area contributed by atoms with Crippen LogP contribution >= 0.6 is 0 Å². The minimum Gasteiger partial charge on any atom is -0.491 e. The van der Waals surface area contributed by atoms with Gasteiger partial charge in [0.25, 0.3) is 0 Å². The highest BCUT2D eigenvalue weighted by atomic mass is 16.6. The summed E-state index contributed by atoms with van der Waals surface area (Å²) < 4.78 is 22.1. The molecule has 2 atom stereocenters. The van der Waals surface area contributed by atoms with Crippen LogP contribution in [0.1, 0.15) is 46.0 Å². The van der Waals surface area contributed by atoms with E-state index < -0.39 is 11.9 Å². The standard InChI is InChI=1S/C30H30O8/c1-2-3-4-18-11-19(27-12-20(35-14-22-16-37-22)6-9-25(27)29(31)32)5-8-24(18)28-13-21(36-15-23-17-38-23)7-10-26(28)30(33)34/h5-13,22-23H,2-4,14-17H2,1H3,(H,31,32)(H,33,34). The smallest absolute Gasteiger partial charge is 0.336 e. The van der Waals surface area contributed by atoms with Crippen molar-refractivity contribution in [2.24, 2.45) is 0 Å².